The topological polar surface area (TPSA) is 35.2 Å². The highest BCUT2D eigenvalue weighted by atomic mass is 35.5. The Hall–Kier alpha value is -1.36. The van der Waals surface area contributed by atoms with E-state index >= 15 is 0 Å². The summed E-state index contributed by atoms with van der Waals surface area (Å²) in [6, 6.07) is 7.23. The van der Waals surface area contributed by atoms with Crippen LogP contribution in [0.3, 0.4) is 0 Å². The maximum absolute atomic E-state index is 13.9. The molecule has 0 aliphatic rings. The maximum atomic E-state index is 13.9. The lowest BCUT2D eigenvalue weighted by Gasteiger charge is -2.11. The van der Waals surface area contributed by atoms with Crippen molar-refractivity contribution in [3.05, 3.63) is 63.1 Å². The second kappa shape index (κ2) is 7.07. The fourth-order valence-electron chi connectivity index (χ4n) is 1.87. The van der Waals surface area contributed by atoms with Crippen molar-refractivity contribution >= 4 is 23.2 Å². The third-order valence-electron chi connectivity index (χ3n) is 2.87. The van der Waals surface area contributed by atoms with Crippen LogP contribution >= 0.6 is 23.2 Å². The fraction of sp³-hybridized carbons (Fsp3) is 0.200. The molecule has 112 valence electrons. The summed E-state index contributed by atoms with van der Waals surface area (Å²) in [4.78, 5) is 0. The van der Waals surface area contributed by atoms with Gasteiger partial charge in [-0.15, -0.1) is 0 Å². The molecule has 2 rings (SSSR count). The lowest BCUT2D eigenvalue weighted by atomic mass is 10.1. The monoisotopic (exact) mass is 331 g/mol. The predicted molar refractivity (Wildman–Crippen MR) is 79.9 cm³/mol. The van der Waals surface area contributed by atoms with Gasteiger partial charge >= 0.3 is 0 Å². The van der Waals surface area contributed by atoms with Crippen molar-refractivity contribution in [3.63, 3.8) is 0 Å². The number of hydrogen-bond donors (Lipinski definition) is 1. The molecule has 0 aromatic heterocycles. The zero-order valence-corrected chi connectivity index (χ0v) is 12.5. The molecule has 2 N–H and O–H groups in total. The van der Waals surface area contributed by atoms with Gasteiger partial charge in [0.05, 0.1) is 0 Å². The third kappa shape index (κ3) is 4.06. The van der Waals surface area contributed by atoms with E-state index in [1.54, 1.807) is 18.2 Å². The lowest BCUT2D eigenvalue weighted by Crippen LogP contribution is -2.05. The number of ether oxygens (including phenoxy) is 1. The van der Waals surface area contributed by atoms with Crippen molar-refractivity contribution in [2.24, 2.45) is 5.73 Å². The second-order valence-electron chi connectivity index (χ2n) is 4.45. The van der Waals surface area contributed by atoms with Gasteiger partial charge in [0, 0.05) is 15.6 Å². The van der Waals surface area contributed by atoms with Gasteiger partial charge in [-0.25, -0.2) is 8.78 Å². The first-order valence-corrected chi connectivity index (χ1v) is 7.01. The van der Waals surface area contributed by atoms with Crippen molar-refractivity contribution in [3.8, 4) is 5.75 Å². The zero-order valence-electron chi connectivity index (χ0n) is 11.0. The molecule has 0 unspecified atom stereocenters. The largest absolute Gasteiger partial charge is 0.483 e. The Labute approximate surface area is 131 Å². The highest BCUT2D eigenvalue weighted by Crippen LogP contribution is 2.27. The predicted octanol–water partition coefficient (Wildman–Crippen LogP) is 4.35. The first-order valence-electron chi connectivity index (χ1n) is 6.26. The molecular formula is C15H13Cl2F2NO. The average molecular weight is 332 g/mol. The Balaban J connectivity index is 2.18. The summed E-state index contributed by atoms with van der Waals surface area (Å²) in [5, 5.41) is 0.886. The van der Waals surface area contributed by atoms with E-state index in [4.69, 9.17) is 33.7 Å². The van der Waals surface area contributed by atoms with Crippen molar-refractivity contribution in [1.29, 1.82) is 0 Å². The summed E-state index contributed by atoms with van der Waals surface area (Å²) in [5.41, 5.74) is 6.40. The van der Waals surface area contributed by atoms with Crippen LogP contribution in [0.4, 0.5) is 8.78 Å². The van der Waals surface area contributed by atoms with Crippen LogP contribution in [0.2, 0.25) is 10.0 Å². The highest BCUT2D eigenvalue weighted by Gasteiger charge is 2.13. The van der Waals surface area contributed by atoms with Crippen LogP contribution in [-0.2, 0) is 13.0 Å². The number of halogens is 4. The van der Waals surface area contributed by atoms with Gasteiger partial charge < -0.3 is 10.5 Å². The Morgan fingerprint density at radius 3 is 2.33 bits per heavy atom. The second-order valence-corrected chi connectivity index (χ2v) is 5.30. The fourth-order valence-corrected chi connectivity index (χ4v) is 2.23. The molecule has 2 aromatic rings. The quantitative estimate of drug-likeness (QED) is 0.883. The van der Waals surface area contributed by atoms with Crippen molar-refractivity contribution in [2.75, 3.05) is 6.54 Å². The van der Waals surface area contributed by atoms with E-state index in [0.717, 1.165) is 0 Å². The Morgan fingerprint density at radius 1 is 1.05 bits per heavy atom. The van der Waals surface area contributed by atoms with E-state index in [-0.39, 0.29) is 6.61 Å². The number of nitrogens with two attached hydrogens (primary N) is 1. The van der Waals surface area contributed by atoms with Gasteiger partial charge in [0.15, 0.2) is 17.4 Å². The summed E-state index contributed by atoms with van der Waals surface area (Å²) in [5.74, 6) is -1.97. The molecule has 0 radical (unpaired) electrons. The minimum Gasteiger partial charge on any atom is -0.483 e. The summed E-state index contributed by atoms with van der Waals surface area (Å²) in [7, 11) is 0. The molecule has 0 aliphatic heterocycles. The van der Waals surface area contributed by atoms with E-state index < -0.39 is 17.4 Å². The van der Waals surface area contributed by atoms with Gasteiger partial charge in [-0.1, -0.05) is 23.2 Å². The van der Waals surface area contributed by atoms with E-state index in [1.165, 1.54) is 12.1 Å². The Morgan fingerprint density at radius 2 is 1.71 bits per heavy atom. The third-order valence-corrected chi connectivity index (χ3v) is 3.47. The van der Waals surface area contributed by atoms with Gasteiger partial charge in [-0.2, -0.15) is 0 Å². The van der Waals surface area contributed by atoms with Gasteiger partial charge in [0.1, 0.15) is 6.61 Å². The summed E-state index contributed by atoms with van der Waals surface area (Å²) in [6.45, 7) is 0.237. The average Bonchev–Trinajstić information content (AvgIpc) is 2.42. The number of rotatable bonds is 5. The molecule has 2 nitrogen and oxygen atoms in total. The smallest absolute Gasteiger partial charge is 0.191 e. The van der Waals surface area contributed by atoms with E-state index in [9.17, 15) is 8.78 Å². The van der Waals surface area contributed by atoms with Gasteiger partial charge in [0.2, 0.25) is 0 Å². The minimum atomic E-state index is -0.767. The van der Waals surface area contributed by atoms with E-state index in [2.05, 4.69) is 0 Å². The molecule has 0 spiro atoms. The molecule has 0 aliphatic carbocycles. The standard InChI is InChI=1S/C15H13Cl2F2NO/c16-11-1-2-12(17)10(7-11)8-21-15-13(18)5-9(3-4-20)6-14(15)19/h1-2,5-7H,3-4,8,20H2. The summed E-state index contributed by atoms with van der Waals surface area (Å²) < 4.78 is 32.9. The highest BCUT2D eigenvalue weighted by molar-refractivity contribution is 6.33. The van der Waals surface area contributed by atoms with Crippen LogP contribution in [-0.4, -0.2) is 6.54 Å². The minimum absolute atomic E-state index is 0.0799. The van der Waals surface area contributed by atoms with E-state index in [0.29, 0.717) is 34.1 Å². The molecule has 6 heteroatoms. The van der Waals surface area contributed by atoms with Gasteiger partial charge in [-0.3, -0.25) is 0 Å². The zero-order chi connectivity index (χ0) is 15.4. The SMILES string of the molecule is NCCc1cc(F)c(OCc2cc(Cl)ccc2Cl)c(F)c1. The molecule has 0 saturated heterocycles. The van der Waals surface area contributed by atoms with Crippen LogP contribution in [0.1, 0.15) is 11.1 Å². The molecule has 2 aromatic carbocycles. The normalized spacial score (nSPS) is 10.7. The van der Waals surface area contributed by atoms with Crippen LogP contribution in [0, 0.1) is 11.6 Å². The molecule has 0 bridgehead atoms. The van der Waals surface area contributed by atoms with Crippen LogP contribution in [0.15, 0.2) is 30.3 Å². The Kier molecular flexibility index (Phi) is 5.39. The van der Waals surface area contributed by atoms with Gasteiger partial charge in [-0.05, 0) is 48.9 Å². The first-order chi connectivity index (χ1) is 10.0. The maximum Gasteiger partial charge on any atom is 0.191 e. The Bertz CT molecular complexity index is 627. The molecule has 0 saturated carbocycles. The van der Waals surface area contributed by atoms with Crippen molar-refractivity contribution < 1.29 is 13.5 Å². The lowest BCUT2D eigenvalue weighted by molar-refractivity contribution is 0.274. The van der Waals surface area contributed by atoms with E-state index in [1.807, 2.05) is 0 Å². The van der Waals surface area contributed by atoms with Gasteiger partial charge in [0.25, 0.3) is 0 Å². The number of hydrogen-bond acceptors (Lipinski definition) is 2. The van der Waals surface area contributed by atoms with Crippen LogP contribution < -0.4 is 10.5 Å². The van der Waals surface area contributed by atoms with Crippen LogP contribution in [0.25, 0.3) is 0 Å². The first kappa shape index (κ1) is 16.0. The number of benzene rings is 2. The van der Waals surface area contributed by atoms with Crippen LogP contribution in [0.5, 0.6) is 5.75 Å². The molecule has 0 amide bonds. The van der Waals surface area contributed by atoms with Crippen molar-refractivity contribution in [1.82, 2.24) is 0 Å². The molecule has 21 heavy (non-hydrogen) atoms. The molecule has 0 fully saturated rings. The molecular weight excluding hydrogens is 319 g/mol. The molecule has 0 heterocycles. The summed E-state index contributed by atoms with van der Waals surface area (Å²) in [6.07, 6.45) is 0.397. The van der Waals surface area contributed by atoms with Crippen molar-refractivity contribution in [2.45, 2.75) is 13.0 Å². The summed E-state index contributed by atoms with van der Waals surface area (Å²) >= 11 is 11.8. The molecule has 0 atom stereocenters.